The molecule has 3 aromatic rings. The normalized spacial score (nSPS) is 19.4. The molecule has 2 fully saturated rings. The van der Waals surface area contributed by atoms with Gasteiger partial charge in [0.05, 0.1) is 23.9 Å². The van der Waals surface area contributed by atoms with E-state index in [1.165, 1.54) is 6.42 Å². The fourth-order valence-corrected chi connectivity index (χ4v) is 3.94. The molecule has 2 saturated heterocycles. The SMILES string of the molecule is CC(C)n1ncc2ccc(-c3noc(N4CCC5(CCO5)CC4)n3)cc21. The smallest absolute Gasteiger partial charge is 0.324 e. The summed E-state index contributed by atoms with van der Waals surface area (Å²) in [6.07, 6.45) is 5.14. The fraction of sp³-hybridized carbons (Fsp3) is 0.526. The lowest BCUT2D eigenvalue weighted by Gasteiger charge is -2.47. The quantitative estimate of drug-likeness (QED) is 0.718. The van der Waals surface area contributed by atoms with Gasteiger partial charge in [0.15, 0.2) is 0 Å². The van der Waals surface area contributed by atoms with Gasteiger partial charge in [0, 0.05) is 30.1 Å². The maximum Gasteiger partial charge on any atom is 0.324 e. The van der Waals surface area contributed by atoms with Crippen molar-refractivity contribution in [3.05, 3.63) is 24.4 Å². The van der Waals surface area contributed by atoms with Gasteiger partial charge >= 0.3 is 6.01 Å². The Morgan fingerprint density at radius 3 is 2.65 bits per heavy atom. The lowest BCUT2D eigenvalue weighted by molar-refractivity contribution is -0.158. The van der Waals surface area contributed by atoms with E-state index in [0.29, 0.717) is 17.9 Å². The molecule has 5 rings (SSSR count). The van der Waals surface area contributed by atoms with E-state index in [-0.39, 0.29) is 5.60 Å². The highest BCUT2D eigenvalue weighted by molar-refractivity contribution is 5.83. The largest absolute Gasteiger partial charge is 0.375 e. The highest BCUT2D eigenvalue weighted by Crippen LogP contribution is 2.37. The van der Waals surface area contributed by atoms with Crippen LogP contribution in [0.4, 0.5) is 6.01 Å². The number of benzene rings is 1. The number of rotatable bonds is 3. The topological polar surface area (TPSA) is 69.2 Å². The summed E-state index contributed by atoms with van der Waals surface area (Å²) in [7, 11) is 0. The van der Waals surface area contributed by atoms with Crippen LogP contribution in [-0.4, -0.2) is 45.2 Å². The zero-order chi connectivity index (χ0) is 17.7. The first-order valence-corrected chi connectivity index (χ1v) is 9.34. The molecule has 4 heterocycles. The number of anilines is 1. The Balaban J connectivity index is 1.39. The maximum absolute atomic E-state index is 5.78. The van der Waals surface area contributed by atoms with Crippen LogP contribution in [0.3, 0.4) is 0 Å². The predicted molar refractivity (Wildman–Crippen MR) is 98.2 cm³/mol. The van der Waals surface area contributed by atoms with E-state index in [9.17, 15) is 0 Å². The van der Waals surface area contributed by atoms with Gasteiger partial charge in [-0.15, -0.1) is 0 Å². The second-order valence-corrected chi connectivity index (χ2v) is 7.63. The van der Waals surface area contributed by atoms with Crippen LogP contribution in [0.25, 0.3) is 22.3 Å². The van der Waals surface area contributed by atoms with Crippen molar-refractivity contribution in [1.29, 1.82) is 0 Å². The monoisotopic (exact) mass is 353 g/mol. The number of hydrogen-bond acceptors (Lipinski definition) is 6. The van der Waals surface area contributed by atoms with Crippen LogP contribution in [0.1, 0.15) is 39.2 Å². The summed E-state index contributed by atoms with van der Waals surface area (Å²) in [5.74, 6) is 0.624. The summed E-state index contributed by atoms with van der Waals surface area (Å²) in [5.41, 5.74) is 2.16. The Morgan fingerprint density at radius 2 is 1.96 bits per heavy atom. The van der Waals surface area contributed by atoms with Crippen molar-refractivity contribution < 1.29 is 9.26 Å². The van der Waals surface area contributed by atoms with Gasteiger partial charge in [-0.3, -0.25) is 4.68 Å². The van der Waals surface area contributed by atoms with Crippen molar-refractivity contribution in [3.63, 3.8) is 0 Å². The Labute approximate surface area is 151 Å². The van der Waals surface area contributed by atoms with Gasteiger partial charge in [-0.05, 0) is 39.2 Å². The summed E-state index contributed by atoms with van der Waals surface area (Å²) >= 11 is 0. The Kier molecular flexibility index (Phi) is 3.53. The molecule has 7 heteroatoms. The first-order chi connectivity index (χ1) is 12.6. The molecule has 0 unspecified atom stereocenters. The number of ether oxygens (including phenoxy) is 1. The average Bonchev–Trinajstić information content (AvgIpc) is 3.27. The third-order valence-electron chi connectivity index (χ3n) is 5.67. The molecule has 1 spiro atoms. The molecular weight excluding hydrogens is 330 g/mol. The minimum absolute atomic E-state index is 0.125. The average molecular weight is 353 g/mol. The molecule has 2 aliphatic rings. The molecule has 0 saturated carbocycles. The first kappa shape index (κ1) is 15.8. The van der Waals surface area contributed by atoms with E-state index in [4.69, 9.17) is 9.26 Å². The van der Waals surface area contributed by atoms with E-state index in [1.54, 1.807) is 0 Å². The number of nitrogens with zero attached hydrogens (tertiary/aromatic N) is 5. The Hall–Kier alpha value is -2.41. The molecule has 136 valence electrons. The third-order valence-corrected chi connectivity index (χ3v) is 5.67. The van der Waals surface area contributed by atoms with Crippen molar-refractivity contribution in [3.8, 4) is 11.4 Å². The molecule has 7 nitrogen and oxygen atoms in total. The molecule has 0 amide bonds. The van der Waals surface area contributed by atoms with Gasteiger partial charge in [0.2, 0.25) is 5.82 Å². The molecule has 0 aliphatic carbocycles. The highest BCUT2D eigenvalue weighted by atomic mass is 16.5. The van der Waals surface area contributed by atoms with Crippen LogP contribution in [0.2, 0.25) is 0 Å². The van der Waals surface area contributed by atoms with Gasteiger partial charge in [-0.1, -0.05) is 17.3 Å². The summed E-state index contributed by atoms with van der Waals surface area (Å²) in [6.45, 7) is 6.96. The van der Waals surface area contributed by atoms with E-state index >= 15 is 0 Å². The summed E-state index contributed by atoms with van der Waals surface area (Å²) in [4.78, 5) is 6.81. The maximum atomic E-state index is 5.78. The summed E-state index contributed by atoms with van der Waals surface area (Å²) in [5, 5.41) is 9.80. The molecule has 0 radical (unpaired) electrons. The third kappa shape index (κ3) is 2.49. The van der Waals surface area contributed by atoms with Gasteiger partial charge < -0.3 is 14.2 Å². The molecule has 2 aromatic heterocycles. The number of hydrogen-bond donors (Lipinski definition) is 0. The second kappa shape index (κ2) is 5.81. The van der Waals surface area contributed by atoms with Crippen LogP contribution >= 0.6 is 0 Å². The van der Waals surface area contributed by atoms with Crippen LogP contribution in [0.5, 0.6) is 0 Å². The Bertz CT molecular complexity index is 930. The predicted octanol–water partition coefficient (Wildman–Crippen LogP) is 3.43. The number of piperidine rings is 1. The van der Waals surface area contributed by atoms with Gasteiger partial charge in [0.25, 0.3) is 0 Å². The van der Waals surface area contributed by atoms with Crippen molar-refractivity contribution in [2.24, 2.45) is 0 Å². The fourth-order valence-electron chi connectivity index (χ4n) is 3.94. The lowest BCUT2D eigenvalue weighted by atomic mass is 9.84. The van der Waals surface area contributed by atoms with Crippen LogP contribution < -0.4 is 4.90 Å². The molecule has 0 N–H and O–H groups in total. The van der Waals surface area contributed by atoms with Crippen molar-refractivity contribution >= 4 is 16.9 Å². The van der Waals surface area contributed by atoms with Gasteiger partial charge in [-0.25, -0.2) is 0 Å². The van der Waals surface area contributed by atoms with Crippen LogP contribution in [-0.2, 0) is 4.74 Å². The van der Waals surface area contributed by atoms with Crippen molar-refractivity contribution in [2.75, 3.05) is 24.6 Å². The van der Waals surface area contributed by atoms with E-state index in [0.717, 1.165) is 49.0 Å². The standard InChI is InChI=1S/C19H23N5O2/c1-13(2)24-16-11-14(3-4-15(16)12-20-24)17-21-18(26-22-17)23-8-5-19(6-9-23)7-10-25-19/h3-4,11-13H,5-10H2,1-2H3. The zero-order valence-corrected chi connectivity index (χ0v) is 15.2. The number of aromatic nitrogens is 4. The molecule has 0 atom stereocenters. The summed E-state index contributed by atoms with van der Waals surface area (Å²) < 4.78 is 13.3. The van der Waals surface area contributed by atoms with Crippen LogP contribution in [0, 0.1) is 0 Å². The Morgan fingerprint density at radius 1 is 1.15 bits per heavy atom. The minimum Gasteiger partial charge on any atom is -0.375 e. The van der Waals surface area contributed by atoms with Gasteiger partial charge in [0.1, 0.15) is 0 Å². The van der Waals surface area contributed by atoms with Crippen molar-refractivity contribution in [1.82, 2.24) is 19.9 Å². The van der Waals surface area contributed by atoms with Gasteiger partial charge in [-0.2, -0.15) is 10.1 Å². The lowest BCUT2D eigenvalue weighted by Crippen LogP contribution is -2.52. The minimum atomic E-state index is 0.125. The second-order valence-electron chi connectivity index (χ2n) is 7.63. The zero-order valence-electron chi connectivity index (χ0n) is 15.2. The molecule has 0 bridgehead atoms. The van der Waals surface area contributed by atoms with E-state index in [1.807, 2.05) is 16.9 Å². The first-order valence-electron chi connectivity index (χ1n) is 9.34. The molecule has 26 heavy (non-hydrogen) atoms. The van der Waals surface area contributed by atoms with E-state index in [2.05, 4.69) is 46.1 Å². The molecule has 2 aliphatic heterocycles. The molecular formula is C19H23N5O2. The van der Waals surface area contributed by atoms with Crippen molar-refractivity contribution in [2.45, 2.75) is 44.8 Å². The molecule has 1 aromatic carbocycles. The number of fused-ring (bicyclic) bond motifs is 1. The van der Waals surface area contributed by atoms with E-state index < -0.39 is 0 Å². The highest BCUT2D eigenvalue weighted by Gasteiger charge is 2.41. The van der Waals surface area contributed by atoms with Crippen LogP contribution in [0.15, 0.2) is 28.9 Å². The summed E-state index contributed by atoms with van der Waals surface area (Å²) in [6, 6.07) is 7.08.